The van der Waals surface area contributed by atoms with E-state index < -0.39 is 5.54 Å². The molecule has 1 N–H and O–H groups in total. The van der Waals surface area contributed by atoms with Gasteiger partial charge in [0.15, 0.2) is 5.82 Å². The predicted octanol–water partition coefficient (Wildman–Crippen LogP) is 2.44. The van der Waals surface area contributed by atoms with Crippen LogP contribution in [0, 0.1) is 0 Å². The van der Waals surface area contributed by atoms with Crippen LogP contribution >= 0.6 is 11.3 Å². The van der Waals surface area contributed by atoms with Gasteiger partial charge in [0.05, 0.1) is 18.2 Å². The van der Waals surface area contributed by atoms with Crippen LogP contribution in [-0.2, 0) is 17.4 Å². The predicted molar refractivity (Wildman–Crippen MR) is 87.0 cm³/mol. The third-order valence-corrected chi connectivity index (χ3v) is 5.15. The minimum absolute atomic E-state index is 0.0590. The van der Waals surface area contributed by atoms with Gasteiger partial charge in [-0.25, -0.2) is 0 Å². The van der Waals surface area contributed by atoms with Crippen LogP contribution in [0.3, 0.4) is 0 Å². The second-order valence-corrected chi connectivity index (χ2v) is 6.63. The highest BCUT2D eigenvalue weighted by atomic mass is 32.1. The van der Waals surface area contributed by atoms with Crippen molar-refractivity contribution in [3.8, 4) is 11.1 Å². The van der Waals surface area contributed by atoms with Crippen molar-refractivity contribution in [3.05, 3.63) is 46.8 Å². The molecule has 0 bridgehead atoms. The van der Waals surface area contributed by atoms with Crippen LogP contribution in [0.4, 0.5) is 0 Å². The van der Waals surface area contributed by atoms with Crippen molar-refractivity contribution < 1.29 is 4.79 Å². The molecule has 2 aromatic rings. The van der Waals surface area contributed by atoms with Crippen molar-refractivity contribution >= 4 is 17.2 Å². The lowest BCUT2D eigenvalue weighted by Gasteiger charge is -2.39. The molecule has 1 aliphatic rings. The van der Waals surface area contributed by atoms with E-state index in [4.69, 9.17) is 0 Å². The van der Waals surface area contributed by atoms with E-state index in [0.717, 1.165) is 16.0 Å². The first-order chi connectivity index (χ1) is 10.4. The van der Waals surface area contributed by atoms with Crippen molar-refractivity contribution in [1.82, 2.24) is 20.0 Å². The number of carbonyl (C=O) groups is 1. The lowest BCUT2D eigenvalue weighted by atomic mass is 9.92. The SMILES string of the molecule is C=C=C1N[C@](C)(c2cc(-c3cnn(C)c3)cs2)CC(=O)N1C. The quantitative estimate of drug-likeness (QED) is 0.866. The molecule has 1 aliphatic heterocycles. The number of rotatable bonds is 2. The number of hydrogen-bond donors (Lipinski definition) is 1. The summed E-state index contributed by atoms with van der Waals surface area (Å²) in [4.78, 5) is 14.9. The highest BCUT2D eigenvalue weighted by molar-refractivity contribution is 7.10. The smallest absolute Gasteiger partial charge is 0.231 e. The number of thiophene rings is 1. The maximum absolute atomic E-state index is 12.2. The Morgan fingerprint density at radius 1 is 1.45 bits per heavy atom. The van der Waals surface area contributed by atoms with Gasteiger partial charge in [-0.15, -0.1) is 11.3 Å². The van der Waals surface area contributed by atoms with Crippen LogP contribution in [0.15, 0.2) is 42.0 Å². The molecule has 0 spiro atoms. The highest BCUT2D eigenvalue weighted by Crippen LogP contribution is 2.37. The molecular weight excluding hydrogens is 296 g/mol. The molecular formula is C16H18N4OS. The van der Waals surface area contributed by atoms with Gasteiger partial charge in [-0.2, -0.15) is 5.10 Å². The molecule has 3 heterocycles. The van der Waals surface area contributed by atoms with E-state index in [9.17, 15) is 4.79 Å². The fourth-order valence-corrected chi connectivity index (χ4v) is 3.63. The second kappa shape index (κ2) is 5.16. The lowest BCUT2D eigenvalue weighted by Crippen LogP contribution is -2.52. The van der Waals surface area contributed by atoms with Crippen LogP contribution in [0.2, 0.25) is 0 Å². The zero-order chi connectivity index (χ0) is 15.9. The van der Waals surface area contributed by atoms with Crippen LogP contribution < -0.4 is 5.32 Å². The van der Waals surface area contributed by atoms with Crippen molar-refractivity contribution in [2.75, 3.05) is 7.05 Å². The average Bonchev–Trinajstić information content (AvgIpc) is 3.11. The zero-order valence-corrected chi connectivity index (χ0v) is 13.7. The lowest BCUT2D eigenvalue weighted by molar-refractivity contribution is -0.132. The number of hydrogen-bond acceptors (Lipinski definition) is 4. The molecule has 2 aromatic heterocycles. The van der Waals surface area contributed by atoms with Crippen molar-refractivity contribution in [3.63, 3.8) is 0 Å². The summed E-state index contributed by atoms with van der Waals surface area (Å²) < 4.78 is 1.78. The number of amides is 1. The molecule has 114 valence electrons. The van der Waals surface area contributed by atoms with Gasteiger partial charge >= 0.3 is 0 Å². The number of nitrogens with zero attached hydrogens (tertiary/aromatic N) is 3. The van der Waals surface area contributed by atoms with E-state index >= 15 is 0 Å². The number of aryl methyl sites for hydroxylation is 1. The average molecular weight is 314 g/mol. The summed E-state index contributed by atoms with van der Waals surface area (Å²) in [7, 11) is 3.63. The fraction of sp³-hybridized carbons (Fsp3) is 0.312. The van der Waals surface area contributed by atoms with Gasteiger partial charge in [-0.3, -0.25) is 14.4 Å². The molecule has 1 amide bonds. The van der Waals surface area contributed by atoms with Gasteiger partial charge in [-0.05, 0) is 23.9 Å². The molecule has 5 nitrogen and oxygen atoms in total. The third kappa shape index (κ3) is 2.36. The van der Waals surface area contributed by atoms with Crippen molar-refractivity contribution in [2.24, 2.45) is 7.05 Å². The van der Waals surface area contributed by atoms with Crippen LogP contribution in [0.5, 0.6) is 0 Å². The summed E-state index contributed by atoms with van der Waals surface area (Å²) in [5.74, 6) is 0.679. The standard InChI is InChI=1S/C16H18N4OS/c1-5-14-18-16(2,7-15(21)20(14)4)13-6-11(10-22-13)12-8-17-19(3)9-12/h6,8-10,18H,1,7H2,2-4H3/t16-/m0/s1. The maximum atomic E-state index is 12.2. The number of carbonyl (C=O) groups excluding carboxylic acids is 1. The summed E-state index contributed by atoms with van der Waals surface area (Å²) in [6.45, 7) is 5.69. The summed E-state index contributed by atoms with van der Waals surface area (Å²) in [5, 5.41) is 9.68. The summed E-state index contributed by atoms with van der Waals surface area (Å²) in [6.07, 6.45) is 4.23. The molecule has 6 heteroatoms. The maximum Gasteiger partial charge on any atom is 0.231 e. The van der Waals surface area contributed by atoms with Gasteiger partial charge in [-0.1, -0.05) is 12.3 Å². The molecule has 22 heavy (non-hydrogen) atoms. The van der Waals surface area contributed by atoms with Crippen molar-refractivity contribution in [1.29, 1.82) is 0 Å². The van der Waals surface area contributed by atoms with Crippen molar-refractivity contribution in [2.45, 2.75) is 18.9 Å². The Kier molecular flexibility index (Phi) is 3.43. The Morgan fingerprint density at radius 2 is 2.23 bits per heavy atom. The Balaban J connectivity index is 1.95. The molecule has 0 saturated carbocycles. The molecule has 3 rings (SSSR count). The van der Waals surface area contributed by atoms with E-state index in [-0.39, 0.29) is 5.91 Å². The van der Waals surface area contributed by atoms with Crippen LogP contribution in [0.25, 0.3) is 11.1 Å². The van der Waals surface area contributed by atoms with E-state index in [1.54, 1.807) is 28.0 Å². The zero-order valence-electron chi connectivity index (χ0n) is 12.9. The fourth-order valence-electron chi connectivity index (χ4n) is 2.59. The topological polar surface area (TPSA) is 50.2 Å². The van der Waals surface area contributed by atoms with E-state index in [2.05, 4.69) is 34.2 Å². The monoisotopic (exact) mass is 314 g/mol. The van der Waals surface area contributed by atoms with E-state index in [0.29, 0.717) is 12.2 Å². The Hall–Kier alpha value is -2.30. The summed E-state index contributed by atoms with van der Waals surface area (Å²) in [6, 6.07) is 2.12. The summed E-state index contributed by atoms with van der Waals surface area (Å²) >= 11 is 1.64. The van der Waals surface area contributed by atoms with Crippen LogP contribution in [-0.4, -0.2) is 27.6 Å². The molecule has 0 radical (unpaired) electrons. The second-order valence-electron chi connectivity index (χ2n) is 5.71. The summed E-state index contributed by atoms with van der Waals surface area (Å²) in [5.41, 5.74) is 4.56. The van der Waals surface area contributed by atoms with Gasteiger partial charge < -0.3 is 5.32 Å². The van der Waals surface area contributed by atoms with E-state index in [1.807, 2.05) is 26.4 Å². The van der Waals surface area contributed by atoms with Gasteiger partial charge in [0.1, 0.15) is 0 Å². The van der Waals surface area contributed by atoms with Crippen LogP contribution in [0.1, 0.15) is 18.2 Å². The molecule has 1 fully saturated rings. The largest absolute Gasteiger partial charge is 0.354 e. The first-order valence-corrected chi connectivity index (χ1v) is 7.84. The molecule has 1 saturated heterocycles. The number of nitrogens with one attached hydrogen (secondary N) is 1. The first kappa shape index (κ1) is 14.6. The van der Waals surface area contributed by atoms with E-state index in [1.165, 1.54) is 0 Å². The van der Waals surface area contributed by atoms with Gasteiger partial charge in [0, 0.05) is 30.7 Å². The Labute approximate surface area is 133 Å². The molecule has 0 aromatic carbocycles. The molecule has 0 unspecified atom stereocenters. The molecule has 1 atom stereocenters. The molecule has 0 aliphatic carbocycles. The Morgan fingerprint density at radius 3 is 2.86 bits per heavy atom. The first-order valence-electron chi connectivity index (χ1n) is 6.96. The highest BCUT2D eigenvalue weighted by Gasteiger charge is 2.38. The third-order valence-electron chi connectivity index (χ3n) is 3.96. The Bertz CT molecular complexity index is 784. The van der Waals surface area contributed by atoms with Gasteiger partial charge in [0.2, 0.25) is 5.91 Å². The number of aromatic nitrogens is 2. The minimum Gasteiger partial charge on any atom is -0.354 e. The van der Waals surface area contributed by atoms with Gasteiger partial charge in [0.25, 0.3) is 0 Å². The minimum atomic E-state index is -0.436. The normalized spacial score (nSPS) is 21.7.